The molecule has 0 saturated heterocycles. The third-order valence-corrected chi connectivity index (χ3v) is 2.47. The summed E-state index contributed by atoms with van der Waals surface area (Å²) in [5, 5.41) is 7.05. The number of rotatable bonds is 3. The van der Waals surface area contributed by atoms with E-state index in [0.717, 1.165) is 25.0 Å². The van der Waals surface area contributed by atoms with Crippen LogP contribution in [-0.2, 0) is 0 Å². The number of nitrogens with one attached hydrogen (secondary N) is 1. The molecule has 1 aliphatic carbocycles. The molecule has 0 aromatic rings. The van der Waals surface area contributed by atoms with E-state index in [0.29, 0.717) is 0 Å². The maximum absolute atomic E-state index is 7.05. The summed E-state index contributed by atoms with van der Waals surface area (Å²) in [6.07, 6.45) is 8.18. The van der Waals surface area contributed by atoms with Gasteiger partial charge in [-0.15, -0.1) is 0 Å². The summed E-state index contributed by atoms with van der Waals surface area (Å²) in [4.78, 5) is 4.11. The van der Waals surface area contributed by atoms with Crippen molar-refractivity contribution in [3.05, 3.63) is 0 Å². The second-order valence-corrected chi connectivity index (χ2v) is 3.70. The quantitative estimate of drug-likeness (QED) is 0.666. The molecule has 1 saturated carbocycles. The Bertz CT molecular complexity index is 175. The van der Waals surface area contributed by atoms with Gasteiger partial charge in [0, 0.05) is 18.5 Å². The number of hydrogen-bond donors (Lipinski definition) is 1. The Morgan fingerprint density at radius 2 is 1.86 bits per heavy atom. The van der Waals surface area contributed by atoms with Crippen LogP contribution < -0.4 is 0 Å². The lowest BCUT2D eigenvalue weighted by Crippen LogP contribution is -1.93. The molecule has 0 bridgehead atoms. The number of aliphatic imine (C=N–C) groups is 1. The van der Waals surface area contributed by atoms with Crippen molar-refractivity contribution < 1.29 is 0 Å². The van der Waals surface area contributed by atoms with Gasteiger partial charge in [-0.3, -0.25) is 4.99 Å². The van der Waals surface area contributed by atoms with Gasteiger partial charge in [-0.25, -0.2) is 0 Å². The van der Waals surface area contributed by atoms with Crippen molar-refractivity contribution in [3.63, 3.8) is 0 Å². The van der Waals surface area contributed by atoms with E-state index in [-0.39, 0.29) is 0 Å². The van der Waals surface area contributed by atoms with E-state index in [1.807, 2.05) is 7.05 Å². The molecule has 1 rings (SSSR count). The van der Waals surface area contributed by atoms with Crippen LogP contribution in [0.1, 0.15) is 58.8 Å². The molecule has 0 aromatic heterocycles. The smallest absolute Gasteiger partial charge is 0.0276 e. The van der Waals surface area contributed by atoms with Gasteiger partial charge in [0.25, 0.3) is 0 Å². The molecule has 0 heterocycles. The summed E-state index contributed by atoms with van der Waals surface area (Å²) < 4.78 is 0. The average molecular weight is 196 g/mol. The lowest BCUT2D eigenvalue weighted by atomic mass is 10.2. The van der Waals surface area contributed by atoms with Crippen molar-refractivity contribution >= 4 is 11.4 Å². The first-order chi connectivity index (χ1) is 6.74. The molecule has 0 unspecified atom stereocenters. The summed E-state index contributed by atoms with van der Waals surface area (Å²) in [6.45, 7) is 4.33. The SMILES string of the molecule is CCCC(CC)=NC.N=C1CCCC1. The Hall–Kier alpha value is -0.660. The topological polar surface area (TPSA) is 36.2 Å². The molecule has 2 heteroatoms. The minimum atomic E-state index is 0.954. The predicted molar refractivity (Wildman–Crippen MR) is 64.8 cm³/mol. The van der Waals surface area contributed by atoms with E-state index < -0.39 is 0 Å². The zero-order valence-corrected chi connectivity index (χ0v) is 9.90. The first-order valence-electron chi connectivity index (χ1n) is 5.75. The molecule has 0 aromatic carbocycles. The van der Waals surface area contributed by atoms with Gasteiger partial charge in [0.05, 0.1) is 0 Å². The van der Waals surface area contributed by atoms with Crippen LogP contribution in [0.3, 0.4) is 0 Å². The van der Waals surface area contributed by atoms with Crippen molar-refractivity contribution in [1.82, 2.24) is 0 Å². The highest BCUT2D eigenvalue weighted by atomic mass is 14.7. The Balaban J connectivity index is 0.000000249. The molecule has 0 radical (unpaired) electrons. The van der Waals surface area contributed by atoms with Gasteiger partial charge in [0.2, 0.25) is 0 Å². The molecule has 0 aliphatic heterocycles. The van der Waals surface area contributed by atoms with Crippen LogP contribution in [-0.4, -0.2) is 18.5 Å². The fourth-order valence-corrected chi connectivity index (χ4v) is 1.54. The molecular weight excluding hydrogens is 172 g/mol. The monoisotopic (exact) mass is 196 g/mol. The molecule has 0 atom stereocenters. The lowest BCUT2D eigenvalue weighted by molar-refractivity contribution is 0.886. The van der Waals surface area contributed by atoms with E-state index in [2.05, 4.69) is 18.8 Å². The Morgan fingerprint density at radius 3 is 2.00 bits per heavy atom. The highest BCUT2D eigenvalue weighted by molar-refractivity contribution is 5.84. The van der Waals surface area contributed by atoms with Gasteiger partial charge in [0.15, 0.2) is 0 Å². The molecule has 2 nitrogen and oxygen atoms in total. The van der Waals surface area contributed by atoms with Crippen LogP contribution in [0, 0.1) is 5.41 Å². The molecule has 82 valence electrons. The van der Waals surface area contributed by atoms with Crippen molar-refractivity contribution in [1.29, 1.82) is 5.41 Å². The zero-order valence-electron chi connectivity index (χ0n) is 9.90. The summed E-state index contributed by atoms with van der Waals surface area (Å²) in [7, 11) is 1.87. The van der Waals surface area contributed by atoms with Crippen LogP contribution in [0.25, 0.3) is 0 Å². The van der Waals surface area contributed by atoms with E-state index in [9.17, 15) is 0 Å². The van der Waals surface area contributed by atoms with Gasteiger partial charge in [-0.1, -0.05) is 20.3 Å². The van der Waals surface area contributed by atoms with E-state index in [1.165, 1.54) is 31.4 Å². The van der Waals surface area contributed by atoms with Crippen LogP contribution in [0.5, 0.6) is 0 Å². The van der Waals surface area contributed by atoms with Crippen molar-refractivity contribution in [2.75, 3.05) is 7.05 Å². The van der Waals surface area contributed by atoms with Crippen LogP contribution in [0.2, 0.25) is 0 Å². The fraction of sp³-hybridized carbons (Fsp3) is 0.833. The van der Waals surface area contributed by atoms with Gasteiger partial charge < -0.3 is 5.41 Å². The molecule has 0 amide bonds. The van der Waals surface area contributed by atoms with Crippen LogP contribution >= 0.6 is 0 Å². The average Bonchev–Trinajstić information content (AvgIpc) is 2.66. The third-order valence-electron chi connectivity index (χ3n) is 2.47. The van der Waals surface area contributed by atoms with Crippen LogP contribution in [0.15, 0.2) is 4.99 Å². The summed E-state index contributed by atoms with van der Waals surface area (Å²) >= 11 is 0. The molecule has 0 spiro atoms. The predicted octanol–water partition coefficient (Wildman–Crippen LogP) is 3.85. The highest BCUT2D eigenvalue weighted by Gasteiger charge is 2.03. The standard InChI is InChI=1S/C7H15N.C5H9N/c1-4-6-7(5-2)8-3;6-5-3-1-2-4-5/h4-6H2,1-3H3;6H,1-4H2. The summed E-state index contributed by atoms with van der Waals surface area (Å²) in [5.74, 6) is 0. The molecule has 1 aliphatic rings. The molecular formula is C12H24N2. The van der Waals surface area contributed by atoms with E-state index >= 15 is 0 Å². The van der Waals surface area contributed by atoms with Gasteiger partial charge in [0.1, 0.15) is 0 Å². The minimum absolute atomic E-state index is 0.954. The van der Waals surface area contributed by atoms with E-state index in [4.69, 9.17) is 5.41 Å². The minimum Gasteiger partial charge on any atom is -0.310 e. The second-order valence-electron chi connectivity index (χ2n) is 3.70. The molecule has 14 heavy (non-hydrogen) atoms. The first-order valence-corrected chi connectivity index (χ1v) is 5.75. The Morgan fingerprint density at radius 1 is 1.29 bits per heavy atom. The van der Waals surface area contributed by atoms with E-state index in [1.54, 1.807) is 0 Å². The first kappa shape index (κ1) is 13.3. The van der Waals surface area contributed by atoms with Crippen molar-refractivity contribution in [3.8, 4) is 0 Å². The zero-order chi connectivity index (χ0) is 10.8. The maximum atomic E-state index is 7.05. The van der Waals surface area contributed by atoms with Crippen molar-refractivity contribution in [2.24, 2.45) is 4.99 Å². The molecule has 1 fully saturated rings. The lowest BCUT2D eigenvalue weighted by Gasteiger charge is -1.95. The molecule has 1 N–H and O–H groups in total. The maximum Gasteiger partial charge on any atom is 0.0276 e. The normalized spacial score (nSPS) is 16.5. The Labute approximate surface area is 88.3 Å². The van der Waals surface area contributed by atoms with Gasteiger partial charge >= 0.3 is 0 Å². The summed E-state index contributed by atoms with van der Waals surface area (Å²) in [6, 6.07) is 0. The third kappa shape index (κ3) is 6.81. The van der Waals surface area contributed by atoms with Gasteiger partial charge in [-0.05, 0) is 38.5 Å². The van der Waals surface area contributed by atoms with Crippen molar-refractivity contribution in [2.45, 2.75) is 58.8 Å². The van der Waals surface area contributed by atoms with Gasteiger partial charge in [-0.2, -0.15) is 0 Å². The second kappa shape index (κ2) is 8.92. The fourth-order valence-electron chi connectivity index (χ4n) is 1.54. The highest BCUT2D eigenvalue weighted by Crippen LogP contribution is 2.11. The summed E-state index contributed by atoms with van der Waals surface area (Å²) in [5.41, 5.74) is 2.29. The number of hydrogen-bond acceptors (Lipinski definition) is 2. The Kier molecular flexibility index (Phi) is 8.50. The largest absolute Gasteiger partial charge is 0.310 e. The van der Waals surface area contributed by atoms with Crippen LogP contribution in [0.4, 0.5) is 0 Å². The number of nitrogens with zero attached hydrogens (tertiary/aromatic N) is 1.